The summed E-state index contributed by atoms with van der Waals surface area (Å²) in [7, 11) is 1.56. The number of hydrogen-bond acceptors (Lipinski definition) is 4. The first-order chi connectivity index (χ1) is 6.97. The van der Waals surface area contributed by atoms with Crippen LogP contribution in [0.2, 0.25) is 0 Å². The summed E-state index contributed by atoms with van der Waals surface area (Å²) in [5.41, 5.74) is 5.49. The molecule has 0 radical (unpaired) electrons. The average Bonchev–Trinajstić information content (AvgIpc) is 2.13. The molecule has 0 aromatic heterocycles. The van der Waals surface area contributed by atoms with E-state index in [0.29, 0.717) is 13.0 Å². The van der Waals surface area contributed by atoms with Crippen molar-refractivity contribution in [2.24, 2.45) is 5.73 Å². The van der Waals surface area contributed by atoms with Crippen molar-refractivity contribution in [2.45, 2.75) is 25.8 Å². The Morgan fingerprint density at radius 3 is 2.60 bits per heavy atom. The molecule has 0 amide bonds. The third kappa shape index (κ3) is 7.21. The molecule has 1 atom stereocenters. The Labute approximate surface area is 88.4 Å². The van der Waals surface area contributed by atoms with Crippen molar-refractivity contribution in [2.75, 3.05) is 26.7 Å². The van der Waals surface area contributed by atoms with Crippen LogP contribution < -0.4 is 5.73 Å². The molecule has 0 bridgehead atoms. The Bertz CT molecular complexity index is 191. The molecular formula is C9H18F2N2O2. The van der Waals surface area contributed by atoms with Crippen molar-refractivity contribution in [1.82, 2.24) is 4.90 Å². The van der Waals surface area contributed by atoms with E-state index in [4.69, 9.17) is 5.73 Å². The first kappa shape index (κ1) is 14.2. The van der Waals surface area contributed by atoms with Crippen LogP contribution in [0, 0.1) is 0 Å². The second kappa shape index (κ2) is 7.53. The number of carbonyl (C=O) groups is 1. The number of carbonyl (C=O) groups excluding carboxylic acids is 1. The molecule has 1 unspecified atom stereocenters. The van der Waals surface area contributed by atoms with Crippen LogP contribution in [0.25, 0.3) is 0 Å². The predicted octanol–water partition coefficient (Wildman–Crippen LogP) is 0.464. The predicted molar refractivity (Wildman–Crippen MR) is 52.7 cm³/mol. The van der Waals surface area contributed by atoms with E-state index < -0.39 is 18.4 Å². The Balaban J connectivity index is 3.69. The van der Waals surface area contributed by atoms with Gasteiger partial charge in [0.1, 0.15) is 6.04 Å². The van der Waals surface area contributed by atoms with E-state index in [1.165, 1.54) is 4.90 Å². The highest BCUT2D eigenvalue weighted by molar-refractivity contribution is 5.75. The molecule has 6 heteroatoms. The molecule has 0 spiro atoms. The van der Waals surface area contributed by atoms with E-state index in [1.807, 2.05) is 0 Å². The van der Waals surface area contributed by atoms with Crippen LogP contribution >= 0.6 is 0 Å². The summed E-state index contributed by atoms with van der Waals surface area (Å²) in [5, 5.41) is 0. The fourth-order valence-corrected chi connectivity index (χ4v) is 1.05. The first-order valence-corrected chi connectivity index (χ1v) is 4.86. The van der Waals surface area contributed by atoms with Crippen LogP contribution in [-0.2, 0) is 9.53 Å². The summed E-state index contributed by atoms with van der Waals surface area (Å²) in [6, 6.07) is -0.731. The van der Waals surface area contributed by atoms with Crippen molar-refractivity contribution in [1.29, 1.82) is 0 Å². The van der Waals surface area contributed by atoms with Gasteiger partial charge >= 0.3 is 5.97 Å². The van der Waals surface area contributed by atoms with Gasteiger partial charge in [0.2, 0.25) is 0 Å². The Kier molecular flexibility index (Phi) is 7.15. The number of rotatable bonds is 7. The van der Waals surface area contributed by atoms with Gasteiger partial charge in [-0.15, -0.1) is 0 Å². The number of alkyl halides is 2. The summed E-state index contributed by atoms with van der Waals surface area (Å²) >= 11 is 0. The first-order valence-electron chi connectivity index (χ1n) is 4.86. The van der Waals surface area contributed by atoms with Gasteiger partial charge in [-0.3, -0.25) is 4.79 Å². The van der Waals surface area contributed by atoms with E-state index in [2.05, 4.69) is 4.74 Å². The van der Waals surface area contributed by atoms with Gasteiger partial charge < -0.3 is 15.4 Å². The summed E-state index contributed by atoms with van der Waals surface area (Å²) in [6.07, 6.45) is -2.05. The number of nitrogens with two attached hydrogens (primary N) is 1. The summed E-state index contributed by atoms with van der Waals surface area (Å²) in [5.74, 6) is -0.483. The molecular weight excluding hydrogens is 206 g/mol. The molecule has 0 saturated heterocycles. The van der Waals surface area contributed by atoms with Crippen LogP contribution in [0.15, 0.2) is 0 Å². The molecule has 0 heterocycles. The highest BCUT2D eigenvalue weighted by Gasteiger charge is 2.16. The monoisotopic (exact) mass is 224 g/mol. The fraction of sp³-hybridized carbons (Fsp3) is 0.889. The highest BCUT2D eigenvalue weighted by Crippen LogP contribution is 1.99. The molecule has 0 aliphatic carbocycles. The third-order valence-electron chi connectivity index (χ3n) is 1.86. The largest absolute Gasteiger partial charge is 0.465 e. The maximum absolute atomic E-state index is 11.9. The van der Waals surface area contributed by atoms with Gasteiger partial charge in [-0.2, -0.15) is 0 Å². The van der Waals surface area contributed by atoms with Gasteiger partial charge in [0.15, 0.2) is 0 Å². The smallest absolute Gasteiger partial charge is 0.322 e. The van der Waals surface area contributed by atoms with Gasteiger partial charge in [0.05, 0.1) is 13.2 Å². The summed E-state index contributed by atoms with van der Waals surface area (Å²) in [6.45, 7) is 2.01. The van der Waals surface area contributed by atoms with Crippen LogP contribution in [0.5, 0.6) is 0 Å². The molecule has 4 nitrogen and oxygen atoms in total. The van der Waals surface area contributed by atoms with E-state index in [9.17, 15) is 13.6 Å². The maximum atomic E-state index is 11.9. The highest BCUT2D eigenvalue weighted by atomic mass is 19.3. The zero-order valence-electron chi connectivity index (χ0n) is 9.08. The van der Waals surface area contributed by atoms with E-state index in [1.54, 1.807) is 14.0 Å². The minimum absolute atomic E-state index is 0.277. The van der Waals surface area contributed by atoms with Crippen molar-refractivity contribution in [3.8, 4) is 0 Å². The fourth-order valence-electron chi connectivity index (χ4n) is 1.05. The number of esters is 1. The molecule has 0 rings (SSSR count). The lowest BCUT2D eigenvalue weighted by Crippen LogP contribution is -2.36. The number of nitrogens with zero attached hydrogens (tertiary/aromatic N) is 1. The number of ether oxygens (including phenoxy) is 1. The molecule has 0 fully saturated rings. The Hall–Kier alpha value is -0.750. The van der Waals surface area contributed by atoms with Crippen molar-refractivity contribution in [3.63, 3.8) is 0 Å². The molecule has 0 saturated carbocycles. The van der Waals surface area contributed by atoms with Crippen molar-refractivity contribution >= 4 is 5.97 Å². The van der Waals surface area contributed by atoms with Gasteiger partial charge in [0, 0.05) is 6.54 Å². The third-order valence-corrected chi connectivity index (χ3v) is 1.86. The zero-order valence-corrected chi connectivity index (χ0v) is 9.08. The minimum Gasteiger partial charge on any atom is -0.465 e. The Morgan fingerprint density at radius 2 is 2.13 bits per heavy atom. The van der Waals surface area contributed by atoms with Crippen molar-refractivity contribution in [3.05, 3.63) is 0 Å². The average molecular weight is 224 g/mol. The van der Waals surface area contributed by atoms with Gasteiger partial charge in [-0.1, -0.05) is 0 Å². The number of halogens is 2. The van der Waals surface area contributed by atoms with E-state index >= 15 is 0 Å². The molecule has 90 valence electrons. The molecule has 0 aromatic rings. The van der Waals surface area contributed by atoms with E-state index in [-0.39, 0.29) is 13.2 Å². The lowest BCUT2D eigenvalue weighted by molar-refractivity contribution is -0.144. The molecule has 2 N–H and O–H groups in total. The zero-order chi connectivity index (χ0) is 11.8. The minimum atomic E-state index is -2.37. The molecule has 0 aliphatic heterocycles. The van der Waals surface area contributed by atoms with Crippen LogP contribution in [0.4, 0.5) is 8.78 Å². The Morgan fingerprint density at radius 1 is 1.53 bits per heavy atom. The molecule has 15 heavy (non-hydrogen) atoms. The second-order valence-corrected chi connectivity index (χ2v) is 3.30. The normalized spacial score (nSPS) is 13.3. The summed E-state index contributed by atoms with van der Waals surface area (Å²) in [4.78, 5) is 12.5. The number of hydrogen-bond donors (Lipinski definition) is 1. The molecule has 0 aliphatic rings. The van der Waals surface area contributed by atoms with Gasteiger partial charge in [-0.25, -0.2) is 8.78 Å². The maximum Gasteiger partial charge on any atom is 0.322 e. The SMILES string of the molecule is CCOC(=O)C(N)CCN(C)CC(F)F. The topological polar surface area (TPSA) is 55.6 Å². The molecule has 0 aromatic carbocycles. The standard InChI is InChI=1S/C9H18F2N2O2/c1-3-15-9(14)7(12)4-5-13(2)6-8(10)11/h7-8H,3-6,12H2,1-2H3. The van der Waals surface area contributed by atoms with Gasteiger partial charge in [-0.05, 0) is 20.4 Å². The van der Waals surface area contributed by atoms with Crippen LogP contribution in [0.3, 0.4) is 0 Å². The van der Waals surface area contributed by atoms with Crippen LogP contribution in [0.1, 0.15) is 13.3 Å². The van der Waals surface area contributed by atoms with Crippen molar-refractivity contribution < 1.29 is 18.3 Å². The van der Waals surface area contributed by atoms with E-state index in [0.717, 1.165) is 0 Å². The van der Waals surface area contributed by atoms with Gasteiger partial charge in [0.25, 0.3) is 6.43 Å². The lowest BCUT2D eigenvalue weighted by atomic mass is 10.2. The summed E-state index contributed by atoms with van der Waals surface area (Å²) < 4.78 is 28.5. The second-order valence-electron chi connectivity index (χ2n) is 3.30. The van der Waals surface area contributed by atoms with Crippen LogP contribution in [-0.4, -0.2) is 50.1 Å². The quantitative estimate of drug-likeness (QED) is 0.638. The lowest BCUT2D eigenvalue weighted by Gasteiger charge is -2.17.